The normalized spacial score (nSPS) is 11.0. The van der Waals surface area contributed by atoms with Crippen LogP contribution in [0.15, 0.2) is 60.8 Å². The van der Waals surface area contributed by atoms with Crippen LogP contribution in [0.5, 0.6) is 0 Å². The summed E-state index contributed by atoms with van der Waals surface area (Å²) in [4.78, 5) is 15.1. The van der Waals surface area contributed by atoms with Crippen LogP contribution in [0.2, 0.25) is 5.02 Å². The van der Waals surface area contributed by atoms with E-state index in [4.69, 9.17) is 11.6 Å². The first-order valence-electron chi connectivity index (χ1n) is 10.3. The summed E-state index contributed by atoms with van der Waals surface area (Å²) in [5, 5.41) is 3.87. The number of carbonyl (C=O) groups excluding carboxylic acids is 1. The highest BCUT2D eigenvalue weighted by Crippen LogP contribution is 2.21. The van der Waals surface area contributed by atoms with Crippen molar-refractivity contribution in [1.82, 2.24) is 9.47 Å². The molecule has 0 atom stereocenters. The van der Waals surface area contributed by atoms with Crippen molar-refractivity contribution in [3.05, 3.63) is 88.2 Å². The lowest BCUT2D eigenvalue weighted by molar-refractivity contribution is 0.200. The third kappa shape index (κ3) is 5.67. The Hall–Kier alpha value is -2.72. The molecule has 30 heavy (non-hydrogen) atoms. The van der Waals surface area contributed by atoms with Gasteiger partial charge in [0.05, 0.1) is 6.54 Å². The molecule has 0 radical (unpaired) electrons. The Labute approximate surface area is 184 Å². The SMILES string of the molecule is Cc1cccc(C)c1NC(=O)N(Cc1cccn1Cc1cccc(Cl)c1)CC(C)C. The lowest BCUT2D eigenvalue weighted by atomic mass is 10.1. The van der Waals surface area contributed by atoms with Crippen molar-refractivity contribution in [3.8, 4) is 0 Å². The molecule has 0 aliphatic carbocycles. The van der Waals surface area contributed by atoms with Crippen molar-refractivity contribution in [3.63, 3.8) is 0 Å². The number of hydrogen-bond acceptors (Lipinski definition) is 1. The van der Waals surface area contributed by atoms with Crippen LogP contribution in [0.3, 0.4) is 0 Å². The molecule has 158 valence electrons. The van der Waals surface area contributed by atoms with Crippen LogP contribution >= 0.6 is 11.6 Å². The molecule has 0 aliphatic rings. The highest BCUT2D eigenvalue weighted by atomic mass is 35.5. The molecule has 1 N–H and O–H groups in total. The zero-order chi connectivity index (χ0) is 21.7. The molecule has 1 heterocycles. The van der Waals surface area contributed by atoms with Crippen LogP contribution in [0.4, 0.5) is 10.5 Å². The largest absolute Gasteiger partial charge is 0.345 e. The molecule has 3 rings (SSSR count). The molecular formula is C25H30ClN3O. The number of anilines is 1. The Kier molecular flexibility index (Phi) is 7.22. The van der Waals surface area contributed by atoms with Gasteiger partial charge in [0.25, 0.3) is 0 Å². The van der Waals surface area contributed by atoms with E-state index in [1.54, 1.807) is 0 Å². The van der Waals surface area contributed by atoms with E-state index >= 15 is 0 Å². The van der Waals surface area contributed by atoms with Crippen LogP contribution in [0, 0.1) is 19.8 Å². The van der Waals surface area contributed by atoms with E-state index in [2.05, 4.69) is 35.9 Å². The smallest absolute Gasteiger partial charge is 0.322 e. The van der Waals surface area contributed by atoms with E-state index < -0.39 is 0 Å². The van der Waals surface area contributed by atoms with Crippen LogP contribution < -0.4 is 5.32 Å². The summed E-state index contributed by atoms with van der Waals surface area (Å²) < 4.78 is 2.17. The fourth-order valence-corrected chi connectivity index (χ4v) is 3.85. The molecule has 2 aromatic carbocycles. The highest BCUT2D eigenvalue weighted by Gasteiger charge is 2.18. The van der Waals surface area contributed by atoms with E-state index in [0.717, 1.165) is 39.6 Å². The first kappa shape index (κ1) is 22.0. The minimum Gasteiger partial charge on any atom is -0.345 e. The number of carbonyl (C=O) groups is 1. The van der Waals surface area contributed by atoms with Gasteiger partial charge >= 0.3 is 6.03 Å². The van der Waals surface area contributed by atoms with E-state index in [1.165, 1.54) is 0 Å². The monoisotopic (exact) mass is 423 g/mol. The maximum atomic E-state index is 13.2. The number of nitrogens with zero attached hydrogens (tertiary/aromatic N) is 2. The van der Waals surface area contributed by atoms with E-state index in [9.17, 15) is 4.79 Å². The number of hydrogen-bond donors (Lipinski definition) is 1. The maximum Gasteiger partial charge on any atom is 0.322 e. The molecule has 1 aromatic heterocycles. The molecule has 4 nitrogen and oxygen atoms in total. The Morgan fingerprint density at radius 3 is 2.43 bits per heavy atom. The number of halogens is 1. The second kappa shape index (κ2) is 9.86. The number of nitrogens with one attached hydrogen (secondary N) is 1. The van der Waals surface area contributed by atoms with Gasteiger partial charge in [0.15, 0.2) is 0 Å². The van der Waals surface area contributed by atoms with Gasteiger partial charge in [0.2, 0.25) is 0 Å². The maximum absolute atomic E-state index is 13.2. The fourth-order valence-electron chi connectivity index (χ4n) is 3.63. The van der Waals surface area contributed by atoms with Gasteiger partial charge in [-0.05, 0) is 60.7 Å². The minimum atomic E-state index is -0.0726. The minimum absolute atomic E-state index is 0.0726. The molecule has 0 spiro atoms. The van der Waals surface area contributed by atoms with Crippen molar-refractivity contribution in [2.24, 2.45) is 5.92 Å². The number of rotatable bonds is 7. The topological polar surface area (TPSA) is 37.3 Å². The Bertz CT molecular complexity index is 989. The number of amides is 2. The van der Waals surface area contributed by atoms with Gasteiger partial charge in [0.1, 0.15) is 0 Å². The van der Waals surface area contributed by atoms with E-state index in [0.29, 0.717) is 19.0 Å². The zero-order valence-corrected chi connectivity index (χ0v) is 18.9. The first-order chi connectivity index (χ1) is 14.3. The van der Waals surface area contributed by atoms with Crippen molar-refractivity contribution < 1.29 is 4.79 Å². The molecule has 3 aromatic rings. The van der Waals surface area contributed by atoms with Crippen molar-refractivity contribution >= 4 is 23.3 Å². The summed E-state index contributed by atoms with van der Waals surface area (Å²) in [5.41, 5.74) is 5.25. The Balaban J connectivity index is 1.79. The van der Waals surface area contributed by atoms with Crippen LogP contribution in [0.1, 0.15) is 36.2 Å². The summed E-state index contributed by atoms with van der Waals surface area (Å²) in [6.07, 6.45) is 2.05. The van der Waals surface area contributed by atoms with E-state index in [-0.39, 0.29) is 6.03 Å². The van der Waals surface area contributed by atoms with Gasteiger partial charge in [-0.2, -0.15) is 0 Å². The zero-order valence-electron chi connectivity index (χ0n) is 18.2. The standard InChI is InChI=1S/C25H30ClN3O/c1-18(2)15-29(25(30)27-24-19(3)8-5-9-20(24)4)17-23-12-7-13-28(23)16-21-10-6-11-22(26)14-21/h5-14,18H,15-17H2,1-4H3,(H,27,30). The third-order valence-corrected chi connectivity index (χ3v) is 5.34. The van der Waals surface area contributed by atoms with Crippen molar-refractivity contribution in [1.29, 1.82) is 0 Å². The number of urea groups is 1. The Morgan fingerprint density at radius 2 is 1.77 bits per heavy atom. The second-order valence-corrected chi connectivity index (χ2v) is 8.67. The molecule has 5 heteroatoms. The molecule has 0 aliphatic heterocycles. The quantitative estimate of drug-likeness (QED) is 0.462. The molecule has 0 saturated heterocycles. The summed E-state index contributed by atoms with van der Waals surface area (Å²) in [7, 11) is 0. The van der Waals surface area contributed by atoms with Gasteiger partial charge in [-0.3, -0.25) is 0 Å². The predicted octanol–water partition coefficient (Wildman–Crippen LogP) is 6.50. The van der Waals surface area contributed by atoms with Gasteiger partial charge in [-0.1, -0.05) is 55.8 Å². The summed E-state index contributed by atoms with van der Waals surface area (Å²) in [5.74, 6) is 0.366. The van der Waals surface area contributed by atoms with Crippen molar-refractivity contribution in [2.45, 2.75) is 40.8 Å². The molecular weight excluding hydrogens is 394 g/mol. The average Bonchev–Trinajstić information content (AvgIpc) is 3.10. The number of aromatic nitrogens is 1. The first-order valence-corrected chi connectivity index (χ1v) is 10.7. The van der Waals surface area contributed by atoms with Crippen LogP contribution in [0.25, 0.3) is 0 Å². The highest BCUT2D eigenvalue weighted by molar-refractivity contribution is 6.30. The number of para-hydroxylation sites is 1. The molecule has 0 bridgehead atoms. The molecule has 0 unspecified atom stereocenters. The molecule has 0 saturated carbocycles. The lowest BCUT2D eigenvalue weighted by Gasteiger charge is -2.26. The third-order valence-electron chi connectivity index (χ3n) is 5.10. The summed E-state index contributed by atoms with van der Waals surface area (Å²) >= 11 is 6.14. The summed E-state index contributed by atoms with van der Waals surface area (Å²) in [6, 6.07) is 18.0. The van der Waals surface area contributed by atoms with Crippen LogP contribution in [-0.2, 0) is 13.1 Å². The Morgan fingerprint density at radius 1 is 1.07 bits per heavy atom. The summed E-state index contributed by atoms with van der Waals surface area (Å²) in [6.45, 7) is 10.2. The second-order valence-electron chi connectivity index (χ2n) is 8.23. The van der Waals surface area contributed by atoms with E-state index in [1.807, 2.05) is 67.4 Å². The van der Waals surface area contributed by atoms with Crippen LogP contribution in [-0.4, -0.2) is 22.0 Å². The predicted molar refractivity (Wildman–Crippen MR) is 125 cm³/mol. The molecule has 2 amide bonds. The van der Waals surface area contributed by atoms with Gasteiger partial charge in [0, 0.05) is 35.7 Å². The number of benzene rings is 2. The molecule has 0 fully saturated rings. The lowest BCUT2D eigenvalue weighted by Crippen LogP contribution is -2.38. The fraction of sp³-hybridized carbons (Fsp3) is 0.320. The van der Waals surface area contributed by atoms with Gasteiger partial charge < -0.3 is 14.8 Å². The average molecular weight is 424 g/mol. The number of aryl methyl sites for hydroxylation is 2. The van der Waals surface area contributed by atoms with Crippen molar-refractivity contribution in [2.75, 3.05) is 11.9 Å². The van der Waals surface area contributed by atoms with Gasteiger partial charge in [-0.15, -0.1) is 0 Å². The van der Waals surface area contributed by atoms with Gasteiger partial charge in [-0.25, -0.2) is 4.79 Å².